The van der Waals surface area contributed by atoms with Crippen LogP contribution in [0.5, 0.6) is 11.5 Å². The van der Waals surface area contributed by atoms with E-state index in [0.717, 1.165) is 0 Å². The molecule has 8 N–H and O–H groups in total. The molecular formula is C17H17N3O6. The molecule has 2 aromatic rings. The zero-order valence-corrected chi connectivity index (χ0v) is 13.5. The molecule has 0 saturated carbocycles. The molecule has 136 valence electrons. The number of para-hydroxylation sites is 2. The van der Waals surface area contributed by atoms with Crippen molar-refractivity contribution in [1.29, 1.82) is 0 Å². The number of aromatic hydroxyl groups is 1. The lowest BCUT2D eigenvalue weighted by Crippen LogP contribution is -2.36. The van der Waals surface area contributed by atoms with Gasteiger partial charge >= 0.3 is 11.9 Å². The molecule has 0 radical (unpaired) electrons. The van der Waals surface area contributed by atoms with Crippen molar-refractivity contribution >= 4 is 29.1 Å². The number of hydrogen-bond donors (Lipinski definition) is 5. The van der Waals surface area contributed by atoms with Crippen molar-refractivity contribution in [3.8, 4) is 11.5 Å². The molecule has 0 unspecified atom stereocenters. The molecule has 0 aromatic heterocycles. The van der Waals surface area contributed by atoms with Crippen LogP contribution in [0, 0.1) is 0 Å². The van der Waals surface area contributed by atoms with Gasteiger partial charge in [-0.3, -0.25) is 4.79 Å². The van der Waals surface area contributed by atoms with Gasteiger partial charge in [-0.1, -0.05) is 12.1 Å². The van der Waals surface area contributed by atoms with Crippen molar-refractivity contribution in [2.24, 2.45) is 5.73 Å². The predicted molar refractivity (Wildman–Crippen MR) is 92.9 cm³/mol. The number of ketones is 1. The summed E-state index contributed by atoms with van der Waals surface area (Å²) in [7, 11) is 0. The number of rotatable bonds is 6. The van der Waals surface area contributed by atoms with Crippen molar-refractivity contribution < 1.29 is 29.3 Å². The highest BCUT2D eigenvalue weighted by Gasteiger charge is 2.24. The summed E-state index contributed by atoms with van der Waals surface area (Å²) in [6.45, 7) is 0. The molecule has 0 aliphatic heterocycles. The number of benzene rings is 2. The number of aromatic carboxylic acids is 1. The smallest absolute Gasteiger partial charge is 0.337 e. The van der Waals surface area contributed by atoms with Gasteiger partial charge in [0.05, 0.1) is 16.9 Å². The van der Waals surface area contributed by atoms with Crippen LogP contribution < -0.4 is 21.9 Å². The summed E-state index contributed by atoms with van der Waals surface area (Å²) in [6.07, 6.45) is -0.426. The summed E-state index contributed by atoms with van der Waals surface area (Å²) in [5, 5.41) is 18.5. The van der Waals surface area contributed by atoms with E-state index in [4.69, 9.17) is 27.0 Å². The third-order valence-electron chi connectivity index (χ3n) is 3.60. The second-order valence-corrected chi connectivity index (χ2v) is 5.42. The lowest BCUT2D eigenvalue weighted by molar-refractivity contribution is -0.135. The van der Waals surface area contributed by atoms with Crippen LogP contribution in [-0.2, 0) is 4.79 Å². The fourth-order valence-electron chi connectivity index (χ4n) is 2.19. The first-order chi connectivity index (χ1) is 12.2. The maximum atomic E-state index is 12.2. The fourth-order valence-corrected chi connectivity index (χ4v) is 2.19. The highest BCUT2D eigenvalue weighted by Crippen LogP contribution is 2.27. The van der Waals surface area contributed by atoms with Crippen LogP contribution in [0.2, 0.25) is 0 Å². The van der Waals surface area contributed by atoms with E-state index < -0.39 is 30.2 Å². The summed E-state index contributed by atoms with van der Waals surface area (Å²) in [5.74, 6) is -3.24. The van der Waals surface area contributed by atoms with Gasteiger partial charge < -0.3 is 32.2 Å². The van der Waals surface area contributed by atoms with Crippen LogP contribution in [0.4, 0.5) is 11.4 Å². The molecule has 0 saturated heterocycles. The standard InChI is InChI=1S/C17H17N3O6/c18-10(7-12(22)8-3-1-5-11(21)14(8)19)17(25)26-13-6-2-4-9(15(13)20)16(23)24/h1-6,10,21H,7,18-20H2,(H,23,24)/t10-/m0/s1. The third kappa shape index (κ3) is 3.90. The van der Waals surface area contributed by atoms with E-state index in [1.165, 1.54) is 36.4 Å². The Bertz CT molecular complexity index is 881. The number of hydrogen-bond acceptors (Lipinski definition) is 8. The molecular weight excluding hydrogens is 342 g/mol. The summed E-state index contributed by atoms with van der Waals surface area (Å²) in [6, 6.07) is 6.72. The summed E-state index contributed by atoms with van der Waals surface area (Å²) in [4.78, 5) is 35.3. The second-order valence-electron chi connectivity index (χ2n) is 5.42. The van der Waals surface area contributed by atoms with Gasteiger partial charge in [0.1, 0.15) is 11.8 Å². The maximum Gasteiger partial charge on any atom is 0.337 e. The van der Waals surface area contributed by atoms with E-state index in [1.54, 1.807) is 0 Å². The van der Waals surface area contributed by atoms with Gasteiger partial charge in [0.2, 0.25) is 0 Å². The van der Waals surface area contributed by atoms with Crippen molar-refractivity contribution in [2.75, 3.05) is 11.5 Å². The number of phenols is 1. The Balaban J connectivity index is 2.11. The molecule has 0 heterocycles. The SMILES string of the molecule is Nc1c(O)cccc1C(=O)C[C@H](N)C(=O)Oc1cccc(C(=O)O)c1N. The Morgan fingerprint density at radius 2 is 1.62 bits per heavy atom. The van der Waals surface area contributed by atoms with Crippen LogP contribution in [0.3, 0.4) is 0 Å². The number of carboxylic acid groups (broad SMARTS) is 1. The number of carboxylic acids is 1. The van der Waals surface area contributed by atoms with Crippen molar-refractivity contribution in [2.45, 2.75) is 12.5 Å². The molecule has 0 amide bonds. The first-order valence-corrected chi connectivity index (χ1v) is 7.42. The maximum absolute atomic E-state index is 12.2. The molecule has 26 heavy (non-hydrogen) atoms. The number of nitrogens with two attached hydrogens (primary N) is 3. The van der Waals surface area contributed by atoms with Crippen LogP contribution in [0.15, 0.2) is 36.4 Å². The van der Waals surface area contributed by atoms with E-state index in [1.807, 2.05) is 0 Å². The minimum absolute atomic E-state index is 0.0284. The molecule has 0 fully saturated rings. The van der Waals surface area contributed by atoms with Gasteiger partial charge in [-0.25, -0.2) is 9.59 Å². The van der Waals surface area contributed by atoms with Crippen molar-refractivity contribution in [3.63, 3.8) is 0 Å². The minimum atomic E-state index is -1.34. The van der Waals surface area contributed by atoms with Gasteiger partial charge in [0.15, 0.2) is 11.5 Å². The van der Waals surface area contributed by atoms with Gasteiger partial charge in [-0.2, -0.15) is 0 Å². The number of carbonyl (C=O) groups is 3. The monoisotopic (exact) mass is 359 g/mol. The minimum Gasteiger partial charge on any atom is -0.506 e. The van der Waals surface area contributed by atoms with E-state index in [9.17, 15) is 19.5 Å². The highest BCUT2D eigenvalue weighted by molar-refractivity contribution is 6.04. The average molecular weight is 359 g/mol. The molecule has 0 spiro atoms. The first-order valence-electron chi connectivity index (χ1n) is 7.42. The van der Waals surface area contributed by atoms with E-state index >= 15 is 0 Å². The predicted octanol–water partition coefficient (Wildman–Crippen LogP) is 0.760. The second kappa shape index (κ2) is 7.53. The number of carbonyl (C=O) groups excluding carboxylic acids is 2. The zero-order valence-electron chi connectivity index (χ0n) is 13.5. The Hall–Kier alpha value is -3.59. The Morgan fingerprint density at radius 3 is 2.27 bits per heavy atom. The molecule has 9 nitrogen and oxygen atoms in total. The van der Waals surface area contributed by atoms with Gasteiger partial charge in [0.25, 0.3) is 0 Å². The lowest BCUT2D eigenvalue weighted by atomic mass is 10.0. The largest absolute Gasteiger partial charge is 0.506 e. The number of esters is 1. The fraction of sp³-hybridized carbons (Fsp3) is 0.118. The van der Waals surface area contributed by atoms with Crippen LogP contribution >= 0.6 is 0 Å². The number of anilines is 2. The summed E-state index contributed by atoms with van der Waals surface area (Å²) >= 11 is 0. The molecule has 2 rings (SSSR count). The summed E-state index contributed by atoms with van der Waals surface area (Å²) in [5.41, 5.74) is 16.4. The van der Waals surface area contributed by atoms with Crippen LogP contribution in [0.25, 0.3) is 0 Å². The normalized spacial score (nSPS) is 11.6. The zero-order chi connectivity index (χ0) is 19.4. The Labute approximate surface area is 148 Å². The van der Waals surface area contributed by atoms with E-state index in [-0.39, 0.29) is 34.0 Å². The van der Waals surface area contributed by atoms with Crippen molar-refractivity contribution in [3.05, 3.63) is 47.5 Å². The quantitative estimate of drug-likeness (QED) is 0.164. The summed E-state index contributed by atoms with van der Waals surface area (Å²) < 4.78 is 5.00. The van der Waals surface area contributed by atoms with Crippen molar-refractivity contribution in [1.82, 2.24) is 0 Å². The van der Waals surface area contributed by atoms with Crippen LogP contribution in [0.1, 0.15) is 27.1 Å². The molecule has 1 atom stereocenters. The molecule has 2 aromatic carbocycles. The van der Waals surface area contributed by atoms with Gasteiger partial charge in [-0.15, -0.1) is 0 Å². The Kier molecular flexibility index (Phi) is 5.43. The van der Waals surface area contributed by atoms with Crippen LogP contribution in [-0.4, -0.2) is 34.0 Å². The molecule has 0 aliphatic carbocycles. The van der Waals surface area contributed by atoms with E-state index in [2.05, 4.69) is 0 Å². The molecule has 0 bridgehead atoms. The molecule has 9 heteroatoms. The first kappa shape index (κ1) is 18.7. The Morgan fingerprint density at radius 1 is 1.00 bits per heavy atom. The number of ether oxygens (including phenoxy) is 1. The lowest BCUT2D eigenvalue weighted by Gasteiger charge is -2.13. The topological polar surface area (TPSA) is 179 Å². The number of nitrogen functional groups attached to an aromatic ring is 2. The third-order valence-corrected chi connectivity index (χ3v) is 3.60. The number of phenolic OH excluding ortho intramolecular Hbond substituents is 1. The van der Waals surface area contributed by atoms with Gasteiger partial charge in [0, 0.05) is 12.0 Å². The molecule has 0 aliphatic rings. The average Bonchev–Trinajstić information content (AvgIpc) is 2.58. The van der Waals surface area contributed by atoms with Gasteiger partial charge in [-0.05, 0) is 24.3 Å². The van der Waals surface area contributed by atoms with E-state index in [0.29, 0.717) is 0 Å². The number of Topliss-reactive ketones (excluding diaryl/α,β-unsaturated/α-hetero) is 1. The highest BCUT2D eigenvalue weighted by atomic mass is 16.5.